The Kier molecular flexibility index (Phi) is 6.86. The van der Waals surface area contributed by atoms with Crippen LogP contribution < -0.4 is 10.6 Å². The van der Waals surface area contributed by atoms with Gasteiger partial charge in [0, 0.05) is 48.7 Å². The van der Waals surface area contributed by atoms with Gasteiger partial charge in [0.2, 0.25) is 5.91 Å². The van der Waals surface area contributed by atoms with E-state index in [0.717, 1.165) is 17.9 Å². The van der Waals surface area contributed by atoms with Crippen molar-refractivity contribution in [3.63, 3.8) is 0 Å². The highest BCUT2D eigenvalue weighted by Gasteiger charge is 2.31. The summed E-state index contributed by atoms with van der Waals surface area (Å²) >= 11 is 5.96. The first-order valence-electron chi connectivity index (χ1n) is 12.0. The summed E-state index contributed by atoms with van der Waals surface area (Å²) in [6, 6.07) is 19.1. The van der Waals surface area contributed by atoms with E-state index < -0.39 is 0 Å². The number of aromatic nitrogens is 3. The van der Waals surface area contributed by atoms with Gasteiger partial charge >= 0.3 is 0 Å². The molecule has 1 aliphatic heterocycles. The fraction of sp³-hybridized carbons (Fsp3) is 0.259. The first kappa shape index (κ1) is 23.8. The molecule has 1 fully saturated rings. The normalized spacial score (nSPS) is 15.4. The summed E-state index contributed by atoms with van der Waals surface area (Å²) in [7, 11) is 0. The van der Waals surface area contributed by atoms with Crippen LogP contribution >= 0.6 is 11.6 Å². The second-order valence-corrected chi connectivity index (χ2v) is 9.25. The number of likely N-dealkylation sites (N-methyl/N-ethyl adjacent to an activating group) is 1. The molecule has 8 nitrogen and oxygen atoms in total. The minimum absolute atomic E-state index is 0.0424. The van der Waals surface area contributed by atoms with E-state index in [0.29, 0.717) is 48.0 Å². The monoisotopic (exact) mass is 502 g/mol. The average molecular weight is 503 g/mol. The highest BCUT2D eigenvalue weighted by Crippen LogP contribution is 2.30. The molecule has 1 atom stereocenters. The Hall–Kier alpha value is -3.91. The Morgan fingerprint density at radius 1 is 1.14 bits per heavy atom. The van der Waals surface area contributed by atoms with Crippen LogP contribution in [0, 0.1) is 0 Å². The SMILES string of the molecule is CCN1C[C@@H](c2cc(NCCc3ccccc3)n3ncc(C(=O)Nc4ccc(Cl)cc4)c3n2)CC1=O. The molecule has 3 heterocycles. The van der Waals surface area contributed by atoms with E-state index in [1.807, 2.05) is 36.1 Å². The van der Waals surface area contributed by atoms with Gasteiger partial charge in [-0.3, -0.25) is 9.59 Å². The maximum atomic E-state index is 13.1. The number of likely N-dealkylation sites (tertiary alicyclic amines) is 1. The number of amides is 2. The molecular weight excluding hydrogens is 476 g/mol. The Balaban J connectivity index is 1.46. The Bertz CT molecular complexity index is 1390. The molecule has 9 heteroatoms. The van der Waals surface area contributed by atoms with Crippen LogP contribution in [0.15, 0.2) is 66.9 Å². The van der Waals surface area contributed by atoms with Gasteiger partial charge in [-0.15, -0.1) is 0 Å². The van der Waals surface area contributed by atoms with Crippen molar-refractivity contribution in [2.75, 3.05) is 30.3 Å². The van der Waals surface area contributed by atoms with Crippen LogP contribution in [0.2, 0.25) is 5.02 Å². The third-order valence-electron chi connectivity index (χ3n) is 6.42. The zero-order valence-electron chi connectivity index (χ0n) is 19.9. The number of nitrogens with zero attached hydrogens (tertiary/aromatic N) is 4. The van der Waals surface area contributed by atoms with Gasteiger partial charge in [0.15, 0.2) is 5.65 Å². The number of hydrogen-bond acceptors (Lipinski definition) is 5. The van der Waals surface area contributed by atoms with Crippen molar-refractivity contribution in [3.05, 3.63) is 88.7 Å². The number of carbonyl (C=O) groups is 2. The minimum atomic E-state index is -0.315. The van der Waals surface area contributed by atoms with Crippen LogP contribution in [0.3, 0.4) is 0 Å². The maximum absolute atomic E-state index is 13.1. The van der Waals surface area contributed by atoms with Crippen molar-refractivity contribution >= 4 is 40.6 Å². The molecule has 2 aromatic carbocycles. The second-order valence-electron chi connectivity index (χ2n) is 8.82. The molecule has 2 amide bonds. The van der Waals surface area contributed by atoms with Gasteiger partial charge in [-0.2, -0.15) is 9.61 Å². The number of fused-ring (bicyclic) bond motifs is 1. The average Bonchev–Trinajstić information content (AvgIpc) is 3.49. The molecule has 2 N–H and O–H groups in total. The fourth-order valence-electron chi connectivity index (χ4n) is 4.46. The highest BCUT2D eigenvalue weighted by atomic mass is 35.5. The largest absolute Gasteiger partial charge is 0.370 e. The van der Waals surface area contributed by atoms with E-state index in [1.54, 1.807) is 28.8 Å². The maximum Gasteiger partial charge on any atom is 0.261 e. The molecule has 0 saturated carbocycles. The van der Waals surface area contributed by atoms with Crippen molar-refractivity contribution in [2.24, 2.45) is 0 Å². The van der Waals surface area contributed by atoms with Crippen molar-refractivity contribution in [2.45, 2.75) is 25.7 Å². The van der Waals surface area contributed by atoms with E-state index in [1.165, 1.54) is 11.8 Å². The van der Waals surface area contributed by atoms with Gasteiger partial charge in [-0.05, 0) is 43.2 Å². The first-order chi connectivity index (χ1) is 17.5. The number of rotatable bonds is 8. The van der Waals surface area contributed by atoms with Crippen molar-refractivity contribution in [3.8, 4) is 0 Å². The van der Waals surface area contributed by atoms with Crippen molar-refractivity contribution < 1.29 is 9.59 Å². The molecule has 36 heavy (non-hydrogen) atoms. The molecule has 0 bridgehead atoms. The summed E-state index contributed by atoms with van der Waals surface area (Å²) in [5.74, 6) is 0.500. The summed E-state index contributed by atoms with van der Waals surface area (Å²) in [6.07, 6.45) is 2.76. The second kappa shape index (κ2) is 10.4. The van der Waals surface area contributed by atoms with Crippen LogP contribution in [0.5, 0.6) is 0 Å². The van der Waals surface area contributed by atoms with Crippen LogP contribution in [-0.2, 0) is 11.2 Å². The summed E-state index contributed by atoms with van der Waals surface area (Å²) in [5, 5.41) is 11.4. The van der Waals surface area contributed by atoms with Gasteiger partial charge in [0.1, 0.15) is 11.4 Å². The van der Waals surface area contributed by atoms with E-state index >= 15 is 0 Å². The Morgan fingerprint density at radius 2 is 1.92 bits per heavy atom. The third-order valence-corrected chi connectivity index (χ3v) is 6.67. The Morgan fingerprint density at radius 3 is 2.64 bits per heavy atom. The quantitative estimate of drug-likeness (QED) is 0.366. The van der Waals surface area contributed by atoms with Crippen molar-refractivity contribution in [1.82, 2.24) is 19.5 Å². The molecule has 4 aromatic rings. The molecule has 0 unspecified atom stereocenters. The summed E-state index contributed by atoms with van der Waals surface area (Å²) in [6.45, 7) is 3.94. The minimum Gasteiger partial charge on any atom is -0.370 e. The molecule has 0 radical (unpaired) electrons. The molecule has 184 valence electrons. The third kappa shape index (κ3) is 5.04. The molecule has 1 aliphatic rings. The predicted molar refractivity (Wildman–Crippen MR) is 141 cm³/mol. The summed E-state index contributed by atoms with van der Waals surface area (Å²) in [4.78, 5) is 32.2. The number of anilines is 2. The fourth-order valence-corrected chi connectivity index (χ4v) is 4.59. The van der Waals surface area contributed by atoms with Crippen LogP contribution in [0.25, 0.3) is 5.65 Å². The number of halogens is 1. The van der Waals surface area contributed by atoms with Gasteiger partial charge in [0.25, 0.3) is 5.91 Å². The van der Waals surface area contributed by atoms with E-state index in [-0.39, 0.29) is 17.7 Å². The predicted octanol–water partition coefficient (Wildman–Crippen LogP) is 4.63. The zero-order chi connectivity index (χ0) is 25.1. The lowest BCUT2D eigenvalue weighted by Crippen LogP contribution is -2.24. The molecule has 0 spiro atoms. The van der Waals surface area contributed by atoms with Crippen LogP contribution in [0.4, 0.5) is 11.5 Å². The van der Waals surface area contributed by atoms with Crippen LogP contribution in [0.1, 0.15) is 40.9 Å². The van der Waals surface area contributed by atoms with E-state index in [9.17, 15) is 9.59 Å². The molecule has 2 aromatic heterocycles. The molecule has 1 saturated heterocycles. The van der Waals surface area contributed by atoms with Gasteiger partial charge in [0.05, 0.1) is 11.9 Å². The van der Waals surface area contributed by atoms with Gasteiger partial charge < -0.3 is 15.5 Å². The van der Waals surface area contributed by atoms with E-state index in [2.05, 4.69) is 27.9 Å². The van der Waals surface area contributed by atoms with Gasteiger partial charge in [-0.25, -0.2) is 4.98 Å². The number of carbonyl (C=O) groups excluding carboxylic acids is 2. The topological polar surface area (TPSA) is 91.6 Å². The molecular formula is C27H27ClN6O2. The zero-order valence-corrected chi connectivity index (χ0v) is 20.7. The number of hydrogen-bond donors (Lipinski definition) is 2. The lowest BCUT2D eigenvalue weighted by molar-refractivity contribution is -0.127. The lowest BCUT2D eigenvalue weighted by Gasteiger charge is -2.15. The van der Waals surface area contributed by atoms with Crippen LogP contribution in [-0.4, -0.2) is 50.9 Å². The first-order valence-corrected chi connectivity index (χ1v) is 12.4. The van der Waals surface area contributed by atoms with Crippen molar-refractivity contribution in [1.29, 1.82) is 0 Å². The summed E-state index contributed by atoms with van der Waals surface area (Å²) in [5.41, 5.74) is 3.42. The molecule has 5 rings (SSSR count). The number of nitrogens with one attached hydrogen (secondary N) is 2. The van der Waals surface area contributed by atoms with E-state index in [4.69, 9.17) is 16.6 Å². The smallest absolute Gasteiger partial charge is 0.261 e. The highest BCUT2D eigenvalue weighted by molar-refractivity contribution is 6.30. The standard InChI is InChI=1S/C27H27ClN6O2/c1-2-33-17-19(14-25(33)35)23-15-24(29-13-12-18-6-4-3-5-7-18)34-26(32-23)22(16-30-34)27(36)31-21-10-8-20(28)9-11-21/h3-11,15-16,19,29H,2,12-14,17H2,1H3,(H,31,36)/t19-/m0/s1. The van der Waals surface area contributed by atoms with Gasteiger partial charge in [-0.1, -0.05) is 41.9 Å². The lowest BCUT2D eigenvalue weighted by atomic mass is 10.0. The number of benzene rings is 2. The molecule has 0 aliphatic carbocycles. The Labute approximate surface area is 214 Å². The summed E-state index contributed by atoms with van der Waals surface area (Å²) < 4.78 is 1.65.